The Morgan fingerprint density at radius 1 is 1.23 bits per heavy atom. The summed E-state index contributed by atoms with van der Waals surface area (Å²) in [6, 6.07) is 3.71. The minimum absolute atomic E-state index is 0.437. The number of ether oxygens (including phenoxy) is 2. The molecule has 1 aromatic rings. The first kappa shape index (κ1) is 10.3. The lowest BCUT2D eigenvalue weighted by Crippen LogP contribution is -2.00. The van der Waals surface area contributed by atoms with E-state index >= 15 is 0 Å². The minimum atomic E-state index is 0.437. The van der Waals surface area contributed by atoms with E-state index in [2.05, 4.69) is 15.9 Å². The van der Waals surface area contributed by atoms with Crippen LogP contribution in [0.5, 0.6) is 11.5 Å². The first-order valence-corrected chi connectivity index (χ1v) is 4.62. The van der Waals surface area contributed by atoms with E-state index in [0.29, 0.717) is 6.54 Å². The molecule has 1 rings (SSSR count). The second-order valence-corrected chi connectivity index (χ2v) is 3.36. The number of nitrogens with two attached hydrogens (primary N) is 1. The molecule has 0 radical (unpaired) electrons. The van der Waals surface area contributed by atoms with E-state index in [4.69, 9.17) is 15.2 Å². The molecule has 0 aromatic heterocycles. The van der Waals surface area contributed by atoms with Gasteiger partial charge >= 0.3 is 0 Å². The van der Waals surface area contributed by atoms with Gasteiger partial charge in [-0.2, -0.15) is 0 Å². The van der Waals surface area contributed by atoms with Crippen molar-refractivity contribution < 1.29 is 9.47 Å². The highest BCUT2D eigenvalue weighted by Gasteiger charge is 2.07. The lowest BCUT2D eigenvalue weighted by Gasteiger charge is -2.10. The summed E-state index contributed by atoms with van der Waals surface area (Å²) < 4.78 is 11.1. The molecule has 4 heteroatoms. The Hall–Kier alpha value is -0.740. The number of methoxy groups -OCH3 is 2. The third kappa shape index (κ3) is 2.14. The van der Waals surface area contributed by atoms with Crippen molar-refractivity contribution in [3.8, 4) is 11.5 Å². The molecule has 0 spiro atoms. The average molecular weight is 246 g/mol. The fourth-order valence-corrected chi connectivity index (χ4v) is 1.57. The highest BCUT2D eigenvalue weighted by Crippen LogP contribution is 2.32. The van der Waals surface area contributed by atoms with Gasteiger partial charge in [0.15, 0.2) is 0 Å². The van der Waals surface area contributed by atoms with Crippen molar-refractivity contribution in [2.24, 2.45) is 5.73 Å². The predicted octanol–water partition coefficient (Wildman–Crippen LogP) is 1.92. The Morgan fingerprint density at radius 2 is 1.85 bits per heavy atom. The van der Waals surface area contributed by atoms with Crippen molar-refractivity contribution in [3.05, 3.63) is 22.2 Å². The molecule has 0 amide bonds. The van der Waals surface area contributed by atoms with Crippen LogP contribution in [-0.4, -0.2) is 14.2 Å². The largest absolute Gasteiger partial charge is 0.496 e. The lowest BCUT2D eigenvalue weighted by atomic mass is 10.2. The van der Waals surface area contributed by atoms with Crippen LogP contribution in [0.15, 0.2) is 16.6 Å². The monoisotopic (exact) mass is 245 g/mol. The second-order valence-electron chi connectivity index (χ2n) is 2.50. The van der Waals surface area contributed by atoms with Gasteiger partial charge < -0.3 is 15.2 Å². The van der Waals surface area contributed by atoms with Gasteiger partial charge in [-0.25, -0.2) is 0 Å². The molecule has 1 aromatic carbocycles. The van der Waals surface area contributed by atoms with Gasteiger partial charge in [-0.15, -0.1) is 0 Å². The Balaban J connectivity index is 3.18. The van der Waals surface area contributed by atoms with Crippen molar-refractivity contribution in [3.63, 3.8) is 0 Å². The van der Waals surface area contributed by atoms with Crippen LogP contribution in [0.1, 0.15) is 5.56 Å². The van der Waals surface area contributed by atoms with Gasteiger partial charge in [0.1, 0.15) is 11.5 Å². The molecule has 0 bridgehead atoms. The van der Waals surface area contributed by atoms with Gasteiger partial charge in [0.05, 0.1) is 18.7 Å². The van der Waals surface area contributed by atoms with Gasteiger partial charge in [0.25, 0.3) is 0 Å². The Bertz CT molecular complexity index is 302. The minimum Gasteiger partial charge on any atom is -0.496 e. The molecule has 0 heterocycles. The SMILES string of the molecule is COc1cc(CN)c(OC)cc1Br. The van der Waals surface area contributed by atoms with Gasteiger partial charge in [0.2, 0.25) is 0 Å². The summed E-state index contributed by atoms with van der Waals surface area (Å²) in [7, 11) is 3.24. The number of rotatable bonds is 3. The summed E-state index contributed by atoms with van der Waals surface area (Å²) in [5, 5.41) is 0. The van der Waals surface area contributed by atoms with E-state index in [-0.39, 0.29) is 0 Å². The summed E-state index contributed by atoms with van der Waals surface area (Å²) in [4.78, 5) is 0. The summed E-state index contributed by atoms with van der Waals surface area (Å²) in [5.74, 6) is 1.54. The molecule has 0 saturated carbocycles. The van der Waals surface area contributed by atoms with E-state index in [9.17, 15) is 0 Å². The zero-order valence-electron chi connectivity index (χ0n) is 7.63. The van der Waals surface area contributed by atoms with Crippen molar-refractivity contribution in [1.29, 1.82) is 0 Å². The summed E-state index contributed by atoms with van der Waals surface area (Å²) in [5.41, 5.74) is 6.48. The predicted molar refractivity (Wildman–Crippen MR) is 55.1 cm³/mol. The number of benzene rings is 1. The standard InChI is InChI=1S/C9H12BrNO2/c1-12-8-4-7(10)9(13-2)3-6(8)5-11/h3-4H,5,11H2,1-2H3. The van der Waals surface area contributed by atoms with Crippen LogP contribution in [0, 0.1) is 0 Å². The van der Waals surface area contributed by atoms with Crippen LogP contribution in [0.4, 0.5) is 0 Å². The molecule has 0 aliphatic heterocycles. The van der Waals surface area contributed by atoms with E-state index in [1.165, 1.54) is 0 Å². The van der Waals surface area contributed by atoms with Crippen LogP contribution < -0.4 is 15.2 Å². The zero-order chi connectivity index (χ0) is 9.84. The number of hydrogen-bond donors (Lipinski definition) is 1. The molecule has 0 atom stereocenters. The van der Waals surface area contributed by atoms with E-state index in [0.717, 1.165) is 21.5 Å². The molecule has 13 heavy (non-hydrogen) atoms. The Morgan fingerprint density at radius 3 is 2.31 bits per heavy atom. The van der Waals surface area contributed by atoms with Crippen LogP contribution in [-0.2, 0) is 6.54 Å². The highest BCUT2D eigenvalue weighted by atomic mass is 79.9. The molecule has 2 N–H and O–H groups in total. The molecule has 0 saturated heterocycles. The number of hydrogen-bond acceptors (Lipinski definition) is 3. The third-order valence-electron chi connectivity index (χ3n) is 1.77. The van der Waals surface area contributed by atoms with Gasteiger partial charge in [0, 0.05) is 12.1 Å². The average Bonchev–Trinajstić information content (AvgIpc) is 2.17. The van der Waals surface area contributed by atoms with Gasteiger partial charge in [-0.05, 0) is 28.1 Å². The van der Waals surface area contributed by atoms with Crippen molar-refractivity contribution >= 4 is 15.9 Å². The molecular formula is C9H12BrNO2. The van der Waals surface area contributed by atoms with Crippen molar-refractivity contribution in [2.75, 3.05) is 14.2 Å². The summed E-state index contributed by atoms with van der Waals surface area (Å²) in [6.45, 7) is 0.437. The maximum absolute atomic E-state index is 5.55. The maximum atomic E-state index is 5.55. The zero-order valence-corrected chi connectivity index (χ0v) is 9.22. The molecule has 0 unspecified atom stereocenters. The van der Waals surface area contributed by atoms with Crippen molar-refractivity contribution in [1.82, 2.24) is 0 Å². The van der Waals surface area contributed by atoms with Crippen LogP contribution >= 0.6 is 15.9 Å². The quantitative estimate of drug-likeness (QED) is 0.886. The fraction of sp³-hybridized carbons (Fsp3) is 0.333. The third-order valence-corrected chi connectivity index (χ3v) is 2.39. The number of halogens is 1. The van der Waals surface area contributed by atoms with E-state index in [1.807, 2.05) is 12.1 Å². The van der Waals surface area contributed by atoms with Crippen molar-refractivity contribution in [2.45, 2.75) is 6.54 Å². The molecule has 0 aliphatic carbocycles. The topological polar surface area (TPSA) is 44.5 Å². The lowest BCUT2D eigenvalue weighted by molar-refractivity contribution is 0.397. The maximum Gasteiger partial charge on any atom is 0.133 e. The molecule has 0 fully saturated rings. The molecule has 0 aliphatic rings. The highest BCUT2D eigenvalue weighted by molar-refractivity contribution is 9.10. The van der Waals surface area contributed by atoms with Crippen LogP contribution in [0.3, 0.4) is 0 Å². The smallest absolute Gasteiger partial charge is 0.133 e. The Labute approximate surface area is 86.0 Å². The molecule has 72 valence electrons. The molecule has 3 nitrogen and oxygen atoms in total. The van der Waals surface area contributed by atoms with Gasteiger partial charge in [-0.3, -0.25) is 0 Å². The fourth-order valence-electron chi connectivity index (χ4n) is 1.08. The van der Waals surface area contributed by atoms with Crippen LogP contribution in [0.25, 0.3) is 0 Å². The summed E-state index contributed by atoms with van der Waals surface area (Å²) >= 11 is 3.37. The first-order valence-electron chi connectivity index (χ1n) is 3.83. The van der Waals surface area contributed by atoms with E-state index < -0.39 is 0 Å². The summed E-state index contributed by atoms with van der Waals surface area (Å²) in [6.07, 6.45) is 0. The Kier molecular flexibility index (Phi) is 3.57. The van der Waals surface area contributed by atoms with Gasteiger partial charge in [-0.1, -0.05) is 0 Å². The van der Waals surface area contributed by atoms with E-state index in [1.54, 1.807) is 14.2 Å². The first-order chi connectivity index (χ1) is 6.22. The van der Waals surface area contributed by atoms with Crippen LogP contribution in [0.2, 0.25) is 0 Å². The normalized spacial score (nSPS) is 9.85. The molecular weight excluding hydrogens is 234 g/mol. The second kappa shape index (κ2) is 4.48.